The third-order valence-electron chi connectivity index (χ3n) is 14.9. The summed E-state index contributed by atoms with van der Waals surface area (Å²) in [6, 6.07) is -3.52. The number of aldehydes is 1. The average Bonchev–Trinajstić information content (AvgIpc) is 3.63. The number of rotatable bonds is 24. The van der Waals surface area contributed by atoms with Gasteiger partial charge in [-0.3, -0.25) is 9.59 Å². The number of amides is 2. The molecule has 482 valence electrons. The molecule has 33 unspecified atom stereocenters. The highest BCUT2D eigenvalue weighted by Crippen LogP contribution is 2.42. The normalized spacial score (nSPS) is 46.7. The highest BCUT2D eigenvalue weighted by Gasteiger charge is 2.61. The van der Waals surface area contributed by atoms with Gasteiger partial charge < -0.3 is 174 Å². The van der Waals surface area contributed by atoms with Gasteiger partial charge in [0.1, 0.15) is 146 Å². The smallest absolute Gasteiger partial charge is 0.217 e. The van der Waals surface area contributed by atoms with Crippen LogP contribution >= 0.6 is 0 Å². The maximum absolute atomic E-state index is 13.0. The number of carbonyl (C=O) groups excluding carboxylic acids is 3. The molecular formula is C46H78N2O35. The van der Waals surface area contributed by atoms with E-state index >= 15 is 0 Å². The second kappa shape index (κ2) is 30.0. The highest BCUT2D eigenvalue weighted by atomic mass is 16.8. The first-order valence-corrected chi connectivity index (χ1v) is 26.2. The molecule has 2 amide bonds. The van der Waals surface area contributed by atoms with Crippen LogP contribution < -0.4 is 10.6 Å². The Hall–Kier alpha value is -2.67. The fourth-order valence-corrected chi connectivity index (χ4v) is 10.2. The number of hydrogen-bond donors (Lipinski definition) is 22. The molecule has 6 rings (SSSR count). The molecular weight excluding hydrogens is 1140 g/mol. The minimum atomic E-state index is -2.78. The van der Waals surface area contributed by atoms with Gasteiger partial charge in [-0.05, 0) is 6.92 Å². The number of carbonyl (C=O) groups is 3. The average molecular weight is 1220 g/mol. The molecule has 6 fully saturated rings. The Kier molecular flexibility index (Phi) is 25.1. The molecule has 6 saturated heterocycles. The van der Waals surface area contributed by atoms with Crippen LogP contribution in [0.2, 0.25) is 0 Å². The van der Waals surface area contributed by atoms with Crippen molar-refractivity contribution in [3.8, 4) is 0 Å². The number of ether oxygens (including phenoxy) is 12. The summed E-state index contributed by atoms with van der Waals surface area (Å²) in [4.78, 5) is 37.2. The van der Waals surface area contributed by atoms with Crippen LogP contribution in [0.1, 0.15) is 27.2 Å². The number of aliphatic hydroxyl groups is 20. The Morgan fingerprint density at radius 3 is 1.58 bits per heavy atom. The first-order valence-electron chi connectivity index (χ1n) is 26.2. The van der Waals surface area contributed by atoms with Gasteiger partial charge in [0, 0.05) is 20.3 Å². The van der Waals surface area contributed by atoms with Crippen LogP contribution in [0.15, 0.2) is 0 Å². The van der Waals surface area contributed by atoms with Gasteiger partial charge in [0.2, 0.25) is 17.6 Å². The molecule has 0 aromatic rings. The minimum absolute atomic E-state index is 0.183. The van der Waals surface area contributed by atoms with Crippen molar-refractivity contribution in [1.29, 1.82) is 0 Å². The summed E-state index contributed by atoms with van der Waals surface area (Å²) in [5.41, 5.74) is 0. The maximum Gasteiger partial charge on any atom is 0.217 e. The van der Waals surface area contributed by atoms with Crippen molar-refractivity contribution in [2.45, 2.75) is 229 Å². The van der Waals surface area contributed by atoms with Gasteiger partial charge >= 0.3 is 0 Å². The zero-order valence-electron chi connectivity index (χ0n) is 44.6. The summed E-state index contributed by atoms with van der Waals surface area (Å²) in [5, 5.41) is 219. The van der Waals surface area contributed by atoms with E-state index in [2.05, 4.69) is 10.6 Å². The van der Waals surface area contributed by atoms with E-state index < -0.39 is 260 Å². The zero-order valence-corrected chi connectivity index (χ0v) is 44.6. The maximum atomic E-state index is 13.0. The zero-order chi connectivity index (χ0) is 61.7. The summed E-state index contributed by atoms with van der Waals surface area (Å²) in [6.45, 7) is -3.23. The van der Waals surface area contributed by atoms with E-state index in [-0.39, 0.29) is 6.29 Å². The van der Waals surface area contributed by atoms with Gasteiger partial charge in [0.05, 0.1) is 51.8 Å². The topological polar surface area (TPSA) is 591 Å². The predicted molar refractivity (Wildman–Crippen MR) is 255 cm³/mol. The second-order valence-corrected chi connectivity index (χ2v) is 20.8. The van der Waals surface area contributed by atoms with Crippen molar-refractivity contribution in [2.24, 2.45) is 0 Å². The first kappa shape index (κ1) is 69.4. The van der Waals surface area contributed by atoms with Crippen LogP contribution in [-0.2, 0) is 71.2 Å². The molecule has 0 aromatic heterocycles. The molecule has 0 saturated carbocycles. The van der Waals surface area contributed by atoms with E-state index in [1.165, 1.54) is 6.92 Å². The first-order chi connectivity index (χ1) is 39.1. The van der Waals surface area contributed by atoms with Crippen molar-refractivity contribution in [1.82, 2.24) is 10.6 Å². The summed E-state index contributed by atoms with van der Waals surface area (Å²) in [6.07, 6.45) is -61.7. The molecule has 33 atom stereocenters. The molecule has 22 N–H and O–H groups in total. The predicted octanol–water partition coefficient (Wildman–Crippen LogP) is -14.8. The van der Waals surface area contributed by atoms with E-state index in [0.717, 1.165) is 13.8 Å². The van der Waals surface area contributed by atoms with E-state index in [0.29, 0.717) is 0 Å². The van der Waals surface area contributed by atoms with Crippen molar-refractivity contribution >= 4 is 18.1 Å². The standard InChI is InChI=1S/C46H78N2O35/c1-12-24(59)30(65)34(69)44(73-12)82-46(83-45-35(70)32(67)27(62)19(8-52)75-45)4-15(47-13(2)55)40(78-22(46)10-54)81-39-28(63)21(77-43(36(39)71)79-37(17(58)6-50)25(60)16(57)5-49)11-72-41-23(48-14(3)56)29(64)38(20(9-53)76-41)80-42-33(68)31(66)26(61)18(7-51)74-42/h5,12,15-45,50-54,57-71H,4,6-11H2,1-3H3,(H,47,55)(H,48,56). The van der Waals surface area contributed by atoms with Crippen LogP contribution in [-0.4, -0.2) is 362 Å². The van der Waals surface area contributed by atoms with E-state index in [9.17, 15) is 117 Å². The molecule has 6 heterocycles. The molecule has 0 radical (unpaired) electrons. The second-order valence-electron chi connectivity index (χ2n) is 20.8. The summed E-state index contributed by atoms with van der Waals surface area (Å²) in [5.74, 6) is -4.54. The number of nitrogens with one attached hydrogen (secondary N) is 2. The third kappa shape index (κ3) is 15.4. The lowest BCUT2D eigenvalue weighted by atomic mass is 9.93. The molecule has 0 aromatic carbocycles. The van der Waals surface area contributed by atoms with Crippen LogP contribution in [0.5, 0.6) is 0 Å². The van der Waals surface area contributed by atoms with Crippen molar-refractivity contribution in [3.05, 3.63) is 0 Å². The Bertz CT molecular complexity index is 2040. The molecule has 37 heteroatoms. The molecule has 6 aliphatic heterocycles. The van der Waals surface area contributed by atoms with E-state index in [1.54, 1.807) is 0 Å². The lowest BCUT2D eigenvalue weighted by molar-refractivity contribution is -0.456. The van der Waals surface area contributed by atoms with Gasteiger partial charge in [0.25, 0.3) is 0 Å². The van der Waals surface area contributed by atoms with Crippen molar-refractivity contribution in [2.75, 3.05) is 39.6 Å². The lowest BCUT2D eigenvalue weighted by Gasteiger charge is -2.53. The third-order valence-corrected chi connectivity index (χ3v) is 14.9. The largest absolute Gasteiger partial charge is 0.394 e. The molecule has 6 aliphatic rings. The molecule has 0 spiro atoms. The monoisotopic (exact) mass is 1220 g/mol. The van der Waals surface area contributed by atoms with E-state index in [1.807, 2.05) is 0 Å². The molecule has 37 nitrogen and oxygen atoms in total. The number of aliphatic hydroxyl groups excluding tert-OH is 20. The molecule has 83 heavy (non-hydrogen) atoms. The van der Waals surface area contributed by atoms with Crippen LogP contribution in [0.25, 0.3) is 0 Å². The fraction of sp³-hybridized carbons (Fsp3) is 0.935. The van der Waals surface area contributed by atoms with Gasteiger partial charge in [-0.2, -0.15) is 0 Å². The van der Waals surface area contributed by atoms with Crippen LogP contribution in [0.3, 0.4) is 0 Å². The molecule has 0 bridgehead atoms. The van der Waals surface area contributed by atoms with Gasteiger partial charge in [-0.1, -0.05) is 0 Å². The molecule has 0 aliphatic carbocycles. The van der Waals surface area contributed by atoms with Gasteiger partial charge in [-0.25, -0.2) is 0 Å². The van der Waals surface area contributed by atoms with Crippen molar-refractivity contribution < 1.29 is 173 Å². The summed E-state index contributed by atoms with van der Waals surface area (Å²) < 4.78 is 70.1. The summed E-state index contributed by atoms with van der Waals surface area (Å²) >= 11 is 0. The van der Waals surface area contributed by atoms with Gasteiger partial charge in [0.15, 0.2) is 44.0 Å². The Balaban J connectivity index is 1.35. The van der Waals surface area contributed by atoms with Crippen LogP contribution in [0.4, 0.5) is 0 Å². The Labute approximate surface area is 470 Å². The number of hydrogen-bond acceptors (Lipinski definition) is 35. The highest BCUT2D eigenvalue weighted by molar-refractivity contribution is 5.73. The Morgan fingerprint density at radius 1 is 0.542 bits per heavy atom. The lowest BCUT2D eigenvalue weighted by Crippen LogP contribution is -2.71. The Morgan fingerprint density at radius 2 is 1.05 bits per heavy atom. The minimum Gasteiger partial charge on any atom is -0.394 e. The quantitative estimate of drug-likeness (QED) is 0.0315. The SMILES string of the molecule is CC(=O)NC1CC(OC2OC(C)C(O)C(O)C2O)(OC2OC(CO)C(O)C(O)C2O)C(CO)OC1OC1C(O)C(COC2OC(CO)C(OC3OC(CO)C(O)C(O)C3O)C(O)C2NC(C)=O)OC(OC(C(O)CO)C(O)C(O)C=O)C1O. The van der Waals surface area contributed by atoms with Gasteiger partial charge in [-0.15, -0.1) is 0 Å². The van der Waals surface area contributed by atoms with Crippen LogP contribution in [0, 0.1) is 0 Å². The van der Waals surface area contributed by atoms with Crippen molar-refractivity contribution in [3.63, 3.8) is 0 Å². The van der Waals surface area contributed by atoms with E-state index in [4.69, 9.17) is 56.8 Å². The fourth-order valence-electron chi connectivity index (χ4n) is 10.2. The summed E-state index contributed by atoms with van der Waals surface area (Å²) in [7, 11) is 0.